The van der Waals surface area contributed by atoms with Gasteiger partial charge in [-0.25, -0.2) is 12.8 Å². The van der Waals surface area contributed by atoms with Gasteiger partial charge in [-0.2, -0.15) is 4.31 Å². The number of nitrogens with zero attached hydrogens (tertiary/aromatic N) is 1. The fourth-order valence-corrected chi connectivity index (χ4v) is 4.67. The van der Waals surface area contributed by atoms with Gasteiger partial charge in [-0.3, -0.25) is 0 Å². The van der Waals surface area contributed by atoms with Gasteiger partial charge in [0.15, 0.2) is 0 Å². The molecule has 1 saturated heterocycles. The van der Waals surface area contributed by atoms with Gasteiger partial charge in [0, 0.05) is 36.8 Å². The second-order valence-electron chi connectivity index (χ2n) is 6.30. The van der Waals surface area contributed by atoms with Gasteiger partial charge < -0.3 is 10.1 Å². The van der Waals surface area contributed by atoms with Crippen molar-refractivity contribution in [1.82, 2.24) is 9.62 Å². The number of ether oxygens (including phenoxy) is 1. The second kappa shape index (κ2) is 6.75. The van der Waals surface area contributed by atoms with Crippen molar-refractivity contribution < 1.29 is 17.5 Å². The van der Waals surface area contributed by atoms with Gasteiger partial charge in [0.05, 0.1) is 12.9 Å². The number of sulfonamides is 1. The minimum absolute atomic E-state index is 0.00179. The van der Waals surface area contributed by atoms with Crippen molar-refractivity contribution >= 4 is 10.0 Å². The minimum atomic E-state index is -3.16. The number of nitrogens with one attached hydrogen (secondary N) is 1. The minimum Gasteiger partial charge on any atom is -0.493 e. The molecule has 0 aromatic heterocycles. The largest absolute Gasteiger partial charge is 0.493 e. The first kappa shape index (κ1) is 16.7. The molecule has 0 bridgehead atoms. The zero-order valence-corrected chi connectivity index (χ0v) is 14.1. The monoisotopic (exact) mass is 342 g/mol. The van der Waals surface area contributed by atoms with E-state index in [2.05, 4.69) is 5.32 Å². The molecule has 1 aromatic rings. The second-order valence-corrected chi connectivity index (χ2v) is 8.24. The van der Waals surface area contributed by atoms with E-state index in [0.717, 1.165) is 31.2 Å². The van der Waals surface area contributed by atoms with Crippen LogP contribution < -0.4 is 10.1 Å². The number of hydrogen-bond donors (Lipinski definition) is 1. The molecule has 0 spiro atoms. The van der Waals surface area contributed by atoms with Crippen LogP contribution in [0.25, 0.3) is 0 Å². The Labute approximate surface area is 136 Å². The zero-order chi connectivity index (χ0) is 16.4. The molecule has 0 amide bonds. The van der Waals surface area contributed by atoms with E-state index in [1.807, 2.05) is 0 Å². The van der Waals surface area contributed by atoms with E-state index in [1.54, 1.807) is 10.4 Å². The lowest BCUT2D eigenvalue weighted by Crippen LogP contribution is -2.41. The van der Waals surface area contributed by atoms with Gasteiger partial charge >= 0.3 is 0 Å². The lowest BCUT2D eigenvalue weighted by atomic mass is 10.0. The van der Waals surface area contributed by atoms with Crippen LogP contribution in [0.4, 0.5) is 4.39 Å². The summed E-state index contributed by atoms with van der Waals surface area (Å²) in [7, 11) is -3.16. The summed E-state index contributed by atoms with van der Waals surface area (Å²) in [5, 5.41) is 3.47. The first-order valence-electron chi connectivity index (χ1n) is 8.07. The summed E-state index contributed by atoms with van der Waals surface area (Å²) in [5.74, 6) is 0.287. The molecule has 3 rings (SSSR count). The van der Waals surface area contributed by atoms with Crippen molar-refractivity contribution in [2.24, 2.45) is 0 Å². The van der Waals surface area contributed by atoms with E-state index < -0.39 is 10.0 Å². The normalized spacial score (nSPS) is 25.7. The van der Waals surface area contributed by atoms with Crippen molar-refractivity contribution in [1.29, 1.82) is 0 Å². The van der Waals surface area contributed by atoms with Crippen molar-refractivity contribution in [2.45, 2.75) is 37.8 Å². The smallest absolute Gasteiger partial charge is 0.211 e. The van der Waals surface area contributed by atoms with Crippen molar-refractivity contribution in [3.05, 3.63) is 29.6 Å². The number of hydrogen-bond acceptors (Lipinski definition) is 4. The van der Waals surface area contributed by atoms with Crippen LogP contribution in [0.5, 0.6) is 5.75 Å². The summed E-state index contributed by atoms with van der Waals surface area (Å²) in [4.78, 5) is 0. The predicted molar refractivity (Wildman–Crippen MR) is 86.4 cm³/mol. The average Bonchev–Trinajstić information content (AvgIpc) is 2.87. The Morgan fingerprint density at radius 3 is 2.96 bits per heavy atom. The lowest BCUT2D eigenvalue weighted by molar-refractivity contribution is 0.312. The maximum Gasteiger partial charge on any atom is 0.211 e. The number of benzene rings is 1. The Hall–Kier alpha value is -1.18. The molecular formula is C16H23FN2O3S. The van der Waals surface area contributed by atoms with Gasteiger partial charge in [0.25, 0.3) is 0 Å². The molecule has 1 N–H and O–H groups in total. The predicted octanol–water partition coefficient (Wildman–Crippen LogP) is 2.05. The third-order valence-electron chi connectivity index (χ3n) is 4.59. The lowest BCUT2D eigenvalue weighted by Gasteiger charge is -2.25. The highest BCUT2D eigenvalue weighted by Gasteiger charge is 2.32. The molecule has 1 aromatic carbocycles. The van der Waals surface area contributed by atoms with Gasteiger partial charge in [-0.05, 0) is 31.7 Å². The maximum atomic E-state index is 13.4. The van der Waals surface area contributed by atoms with E-state index in [0.29, 0.717) is 25.4 Å². The Bertz CT molecular complexity index is 665. The van der Waals surface area contributed by atoms with Crippen LogP contribution in [-0.2, 0) is 10.0 Å². The Morgan fingerprint density at radius 1 is 1.35 bits per heavy atom. The zero-order valence-electron chi connectivity index (χ0n) is 13.3. The van der Waals surface area contributed by atoms with Gasteiger partial charge in [0.2, 0.25) is 10.0 Å². The van der Waals surface area contributed by atoms with Crippen LogP contribution in [0, 0.1) is 5.82 Å². The molecule has 23 heavy (non-hydrogen) atoms. The first-order chi connectivity index (χ1) is 10.9. The van der Waals surface area contributed by atoms with Crippen LogP contribution in [0.2, 0.25) is 0 Å². The molecular weight excluding hydrogens is 319 g/mol. The number of halogens is 1. The highest BCUT2D eigenvalue weighted by atomic mass is 32.2. The van der Waals surface area contributed by atoms with E-state index in [-0.39, 0.29) is 17.9 Å². The van der Waals surface area contributed by atoms with Gasteiger partial charge in [-0.15, -0.1) is 0 Å². The summed E-state index contributed by atoms with van der Waals surface area (Å²) in [6, 6.07) is 4.69. The maximum absolute atomic E-state index is 13.4. The van der Waals surface area contributed by atoms with Crippen molar-refractivity contribution in [3.8, 4) is 5.75 Å². The van der Waals surface area contributed by atoms with Crippen LogP contribution in [0.3, 0.4) is 0 Å². The van der Waals surface area contributed by atoms with Crippen molar-refractivity contribution in [2.75, 3.05) is 26.0 Å². The van der Waals surface area contributed by atoms with Gasteiger partial charge in [0.1, 0.15) is 11.6 Å². The molecule has 7 heteroatoms. The SMILES string of the molecule is CS(=O)(=O)N1CCC[C@@H]1CNC1CCCOc2cc(F)ccc21. The number of fused-ring (bicyclic) bond motifs is 1. The molecule has 2 aliphatic heterocycles. The average molecular weight is 342 g/mol. The Kier molecular flexibility index (Phi) is 4.89. The van der Waals surface area contributed by atoms with Crippen LogP contribution >= 0.6 is 0 Å². The van der Waals surface area contributed by atoms with E-state index in [9.17, 15) is 12.8 Å². The molecule has 128 valence electrons. The third kappa shape index (κ3) is 3.84. The summed E-state index contributed by atoms with van der Waals surface area (Å²) in [6.07, 6.45) is 4.82. The summed E-state index contributed by atoms with van der Waals surface area (Å²) in [6.45, 7) is 1.78. The molecule has 2 aliphatic rings. The fourth-order valence-electron chi connectivity index (χ4n) is 3.49. The molecule has 2 heterocycles. The van der Waals surface area contributed by atoms with E-state index in [1.165, 1.54) is 18.4 Å². The van der Waals surface area contributed by atoms with Crippen LogP contribution in [0.1, 0.15) is 37.3 Å². The molecule has 2 atom stereocenters. The first-order valence-corrected chi connectivity index (χ1v) is 9.92. The topological polar surface area (TPSA) is 58.6 Å². The van der Waals surface area contributed by atoms with Gasteiger partial charge in [-0.1, -0.05) is 6.07 Å². The third-order valence-corrected chi connectivity index (χ3v) is 5.93. The van der Waals surface area contributed by atoms with E-state index in [4.69, 9.17) is 4.74 Å². The Morgan fingerprint density at radius 2 is 2.17 bits per heavy atom. The molecule has 5 nitrogen and oxygen atoms in total. The molecule has 1 unspecified atom stereocenters. The molecule has 1 fully saturated rings. The standard InChI is InChI=1S/C16H23FN2O3S/c1-23(20,21)19-8-2-4-13(19)11-18-15-5-3-9-22-16-10-12(17)6-7-14(15)16/h6-7,10,13,15,18H,2-5,8-9,11H2,1H3/t13-,15?/m1/s1. The summed E-state index contributed by atoms with van der Waals surface area (Å²) >= 11 is 0. The number of rotatable bonds is 4. The molecule has 0 radical (unpaired) electrons. The van der Waals surface area contributed by atoms with Crippen LogP contribution in [0.15, 0.2) is 18.2 Å². The van der Waals surface area contributed by atoms with Crippen LogP contribution in [-0.4, -0.2) is 44.7 Å². The fraction of sp³-hybridized carbons (Fsp3) is 0.625. The molecule has 0 saturated carbocycles. The van der Waals surface area contributed by atoms with Crippen molar-refractivity contribution in [3.63, 3.8) is 0 Å². The summed E-state index contributed by atoms with van der Waals surface area (Å²) < 4.78 is 44.2. The Balaban J connectivity index is 1.71. The summed E-state index contributed by atoms with van der Waals surface area (Å²) in [5.41, 5.74) is 0.952. The highest BCUT2D eigenvalue weighted by Crippen LogP contribution is 2.32. The quantitative estimate of drug-likeness (QED) is 0.910. The van der Waals surface area contributed by atoms with E-state index >= 15 is 0 Å². The molecule has 0 aliphatic carbocycles. The highest BCUT2D eigenvalue weighted by molar-refractivity contribution is 7.88.